The summed E-state index contributed by atoms with van der Waals surface area (Å²) in [5, 5.41) is 7.00. The fourth-order valence-electron chi connectivity index (χ4n) is 0.940. The van der Waals surface area contributed by atoms with Gasteiger partial charge in [-0.2, -0.15) is 0 Å². The number of nitrogens with one attached hydrogen (secondary N) is 1. The molecule has 0 heterocycles. The minimum absolute atomic E-state index is 0.236. The molecule has 2 nitrogen and oxygen atoms in total. The van der Waals surface area contributed by atoms with Gasteiger partial charge in [0.15, 0.2) is 0 Å². The van der Waals surface area contributed by atoms with Crippen molar-refractivity contribution in [2.75, 3.05) is 7.11 Å². The van der Waals surface area contributed by atoms with E-state index in [9.17, 15) is 0 Å². The molecule has 1 aliphatic carbocycles. The van der Waals surface area contributed by atoms with Gasteiger partial charge >= 0.3 is 0 Å². The number of methoxy groups -OCH3 is 1. The first-order valence-corrected chi connectivity index (χ1v) is 3.28. The number of allylic oxidation sites excluding steroid dienone is 4. The second-order valence-electron chi connectivity index (χ2n) is 2.26. The second kappa shape index (κ2) is 3.20. The molecule has 0 aliphatic heterocycles. The van der Waals surface area contributed by atoms with Crippen molar-refractivity contribution in [1.29, 1.82) is 5.41 Å². The molecule has 0 aromatic rings. The topological polar surface area (TPSA) is 33.1 Å². The summed E-state index contributed by atoms with van der Waals surface area (Å²) in [6, 6.07) is 0. The normalized spacial score (nSPS) is 23.7. The van der Waals surface area contributed by atoms with Crippen LogP contribution < -0.4 is 0 Å². The van der Waals surface area contributed by atoms with Gasteiger partial charge in [0.05, 0.1) is 12.9 Å². The Balaban J connectivity index is 2.58. The van der Waals surface area contributed by atoms with Gasteiger partial charge in [-0.25, -0.2) is 0 Å². The van der Waals surface area contributed by atoms with Crippen molar-refractivity contribution in [3.8, 4) is 0 Å². The van der Waals surface area contributed by atoms with Crippen molar-refractivity contribution in [3.05, 3.63) is 24.0 Å². The Hall–Kier alpha value is -1.05. The molecule has 1 unspecified atom stereocenters. The van der Waals surface area contributed by atoms with Gasteiger partial charge < -0.3 is 10.1 Å². The van der Waals surface area contributed by atoms with Crippen molar-refractivity contribution in [3.63, 3.8) is 0 Å². The second-order valence-corrected chi connectivity index (χ2v) is 2.26. The van der Waals surface area contributed by atoms with Crippen LogP contribution in [0, 0.1) is 11.3 Å². The minimum atomic E-state index is 0.236. The lowest BCUT2D eigenvalue weighted by atomic mass is 10.0. The van der Waals surface area contributed by atoms with E-state index in [1.54, 1.807) is 7.11 Å². The summed E-state index contributed by atoms with van der Waals surface area (Å²) >= 11 is 0. The Kier molecular flexibility index (Phi) is 2.26. The predicted molar refractivity (Wildman–Crippen MR) is 41.1 cm³/mol. The lowest BCUT2D eigenvalue weighted by Crippen LogP contribution is -2.03. The first-order chi connectivity index (χ1) is 4.86. The van der Waals surface area contributed by atoms with E-state index in [0.717, 1.165) is 12.2 Å². The zero-order valence-electron chi connectivity index (χ0n) is 6.00. The molecule has 0 spiro atoms. The van der Waals surface area contributed by atoms with E-state index in [4.69, 9.17) is 10.1 Å². The van der Waals surface area contributed by atoms with Gasteiger partial charge in [-0.15, -0.1) is 0 Å². The van der Waals surface area contributed by atoms with Crippen LogP contribution in [0.3, 0.4) is 0 Å². The third-order valence-electron chi connectivity index (χ3n) is 1.55. The summed E-state index contributed by atoms with van der Waals surface area (Å²) < 4.78 is 5.03. The molecular weight excluding hydrogens is 126 g/mol. The van der Waals surface area contributed by atoms with Crippen LogP contribution in [0.2, 0.25) is 0 Å². The molecule has 0 aromatic carbocycles. The van der Waals surface area contributed by atoms with Gasteiger partial charge in [-0.05, 0) is 6.08 Å². The van der Waals surface area contributed by atoms with Gasteiger partial charge in [0.25, 0.3) is 0 Å². The predicted octanol–water partition coefficient (Wildman–Crippen LogP) is 1.74. The van der Waals surface area contributed by atoms with Crippen molar-refractivity contribution in [2.24, 2.45) is 5.92 Å². The highest BCUT2D eigenvalue weighted by Crippen LogP contribution is 2.16. The molecule has 0 radical (unpaired) electrons. The highest BCUT2D eigenvalue weighted by Gasteiger charge is 2.07. The SMILES string of the molecule is COC1=CC=CC(C=N)C1. The summed E-state index contributed by atoms with van der Waals surface area (Å²) in [6.07, 6.45) is 8.12. The largest absolute Gasteiger partial charge is 0.501 e. The molecule has 1 N–H and O–H groups in total. The zero-order valence-corrected chi connectivity index (χ0v) is 6.00. The summed E-state index contributed by atoms with van der Waals surface area (Å²) in [4.78, 5) is 0. The molecule has 0 fully saturated rings. The van der Waals surface area contributed by atoms with E-state index in [1.807, 2.05) is 18.2 Å². The molecule has 1 aliphatic rings. The lowest BCUT2D eigenvalue weighted by molar-refractivity contribution is 0.272. The summed E-state index contributed by atoms with van der Waals surface area (Å²) in [6.45, 7) is 0. The maximum absolute atomic E-state index is 7.00. The maximum Gasteiger partial charge on any atom is 0.0964 e. The number of hydrogen-bond acceptors (Lipinski definition) is 2. The summed E-state index contributed by atoms with van der Waals surface area (Å²) in [5.41, 5.74) is 0. The number of rotatable bonds is 2. The fraction of sp³-hybridized carbons (Fsp3) is 0.375. The highest BCUT2D eigenvalue weighted by atomic mass is 16.5. The van der Waals surface area contributed by atoms with E-state index in [-0.39, 0.29) is 5.92 Å². The Labute approximate surface area is 60.7 Å². The Morgan fingerprint density at radius 1 is 1.80 bits per heavy atom. The van der Waals surface area contributed by atoms with Crippen molar-refractivity contribution < 1.29 is 4.74 Å². The van der Waals surface area contributed by atoms with Gasteiger partial charge in [0.2, 0.25) is 0 Å². The fourth-order valence-corrected chi connectivity index (χ4v) is 0.940. The Morgan fingerprint density at radius 2 is 2.60 bits per heavy atom. The quantitative estimate of drug-likeness (QED) is 0.578. The van der Waals surface area contributed by atoms with Gasteiger partial charge in [-0.1, -0.05) is 12.2 Å². The molecule has 1 atom stereocenters. The zero-order chi connectivity index (χ0) is 7.40. The molecule has 2 heteroatoms. The van der Waals surface area contributed by atoms with Gasteiger partial charge in [0, 0.05) is 18.6 Å². The van der Waals surface area contributed by atoms with Crippen molar-refractivity contribution in [1.82, 2.24) is 0 Å². The molecular formula is C8H11NO. The molecule has 54 valence electrons. The van der Waals surface area contributed by atoms with E-state index < -0.39 is 0 Å². The molecule has 10 heavy (non-hydrogen) atoms. The average molecular weight is 137 g/mol. The van der Waals surface area contributed by atoms with Crippen LogP contribution >= 0.6 is 0 Å². The van der Waals surface area contributed by atoms with Crippen LogP contribution in [-0.2, 0) is 4.74 Å². The first-order valence-electron chi connectivity index (χ1n) is 3.28. The van der Waals surface area contributed by atoms with Crippen LogP contribution in [0.5, 0.6) is 0 Å². The third kappa shape index (κ3) is 1.47. The van der Waals surface area contributed by atoms with Crippen LogP contribution in [0.15, 0.2) is 24.0 Å². The summed E-state index contributed by atoms with van der Waals surface area (Å²) in [5.74, 6) is 1.19. The highest BCUT2D eigenvalue weighted by molar-refractivity contribution is 5.60. The molecule has 0 saturated heterocycles. The van der Waals surface area contributed by atoms with E-state index in [0.29, 0.717) is 0 Å². The smallest absolute Gasteiger partial charge is 0.0964 e. The molecule has 0 amide bonds. The molecule has 0 bridgehead atoms. The molecule has 0 aromatic heterocycles. The van der Waals surface area contributed by atoms with Crippen LogP contribution in [0.1, 0.15) is 6.42 Å². The Morgan fingerprint density at radius 3 is 3.20 bits per heavy atom. The van der Waals surface area contributed by atoms with Gasteiger partial charge in [-0.3, -0.25) is 0 Å². The lowest BCUT2D eigenvalue weighted by Gasteiger charge is -2.12. The van der Waals surface area contributed by atoms with E-state index in [1.165, 1.54) is 6.21 Å². The monoisotopic (exact) mass is 137 g/mol. The molecule has 1 rings (SSSR count). The number of hydrogen-bond donors (Lipinski definition) is 1. The molecule has 0 saturated carbocycles. The van der Waals surface area contributed by atoms with E-state index >= 15 is 0 Å². The van der Waals surface area contributed by atoms with Crippen LogP contribution in [-0.4, -0.2) is 13.3 Å². The maximum atomic E-state index is 7.00. The van der Waals surface area contributed by atoms with Crippen molar-refractivity contribution in [2.45, 2.75) is 6.42 Å². The van der Waals surface area contributed by atoms with Gasteiger partial charge in [0.1, 0.15) is 0 Å². The van der Waals surface area contributed by atoms with Crippen molar-refractivity contribution >= 4 is 6.21 Å². The average Bonchev–Trinajstić information content (AvgIpc) is 2.05. The Bertz CT molecular complexity index is 182. The minimum Gasteiger partial charge on any atom is -0.501 e. The first kappa shape index (κ1) is 7.06. The van der Waals surface area contributed by atoms with E-state index in [2.05, 4.69) is 0 Å². The standard InChI is InChI=1S/C8H11NO/c1-10-8-4-2-3-7(5-8)6-9/h2-4,6-7,9H,5H2,1H3. The summed E-state index contributed by atoms with van der Waals surface area (Å²) in [7, 11) is 1.66. The van der Waals surface area contributed by atoms with Crippen LogP contribution in [0.4, 0.5) is 0 Å². The number of ether oxygens (including phenoxy) is 1. The van der Waals surface area contributed by atoms with Crippen LogP contribution in [0.25, 0.3) is 0 Å². The third-order valence-corrected chi connectivity index (χ3v) is 1.55.